The number of alkyl halides is 2. The first kappa shape index (κ1) is 13.1. The first-order valence-electron chi connectivity index (χ1n) is 4.67. The normalized spacial score (nSPS) is 12.8. The van der Waals surface area contributed by atoms with Crippen LogP contribution in [0.5, 0.6) is 0 Å². The maximum Gasteiger partial charge on any atom is 0.333 e. The Bertz CT molecular complexity index is 217. The molecular formula is C10H16F2O2. The maximum absolute atomic E-state index is 12.6. The molecule has 0 aliphatic heterocycles. The number of hydrogen-bond donors (Lipinski definition) is 0. The predicted octanol–water partition coefficient (Wildman–Crippen LogP) is 2.93. The largest absolute Gasteiger partial charge is 0.463 e. The summed E-state index contributed by atoms with van der Waals surface area (Å²) in [7, 11) is 0. The number of rotatable bonds is 5. The summed E-state index contributed by atoms with van der Waals surface area (Å²) >= 11 is 0. The zero-order valence-electron chi connectivity index (χ0n) is 8.77. The Balaban J connectivity index is 4.58. The van der Waals surface area contributed by atoms with E-state index < -0.39 is 11.9 Å². The number of hydrogen-bond acceptors (Lipinski definition) is 2. The molecule has 0 saturated carbocycles. The van der Waals surface area contributed by atoms with Crippen molar-refractivity contribution in [1.29, 1.82) is 0 Å². The lowest BCUT2D eigenvalue weighted by molar-refractivity contribution is -0.138. The van der Waals surface area contributed by atoms with Crippen molar-refractivity contribution in [1.82, 2.24) is 0 Å². The van der Waals surface area contributed by atoms with Gasteiger partial charge in [-0.3, -0.25) is 0 Å². The van der Waals surface area contributed by atoms with Gasteiger partial charge in [0.05, 0.1) is 6.61 Å². The highest BCUT2D eigenvalue weighted by Crippen LogP contribution is 2.19. The van der Waals surface area contributed by atoms with Gasteiger partial charge in [-0.05, 0) is 19.4 Å². The Morgan fingerprint density at radius 1 is 1.43 bits per heavy atom. The van der Waals surface area contributed by atoms with Crippen LogP contribution in [0.15, 0.2) is 11.6 Å². The molecule has 0 spiro atoms. The molecule has 0 atom stereocenters. The molecule has 0 aliphatic rings. The number of carbonyl (C=O) groups is 1. The van der Waals surface area contributed by atoms with E-state index in [1.807, 2.05) is 6.92 Å². The Morgan fingerprint density at radius 2 is 2.00 bits per heavy atom. The van der Waals surface area contributed by atoms with E-state index in [1.165, 1.54) is 0 Å². The maximum atomic E-state index is 12.6. The minimum atomic E-state index is -2.96. The fraction of sp³-hybridized carbons (Fsp3) is 0.700. The lowest BCUT2D eigenvalue weighted by Gasteiger charge is -2.09. The Morgan fingerprint density at radius 3 is 2.36 bits per heavy atom. The van der Waals surface area contributed by atoms with E-state index in [-0.39, 0.29) is 12.2 Å². The van der Waals surface area contributed by atoms with Crippen LogP contribution in [0.4, 0.5) is 8.78 Å². The molecule has 0 aromatic carbocycles. The van der Waals surface area contributed by atoms with Crippen molar-refractivity contribution < 1.29 is 18.3 Å². The molecule has 0 fully saturated rings. The molecule has 0 heterocycles. The van der Waals surface area contributed by atoms with Crippen LogP contribution < -0.4 is 0 Å². The molecule has 82 valence electrons. The van der Waals surface area contributed by atoms with E-state index in [4.69, 9.17) is 0 Å². The molecule has 0 aromatic heterocycles. The summed E-state index contributed by atoms with van der Waals surface area (Å²) in [5.41, 5.74) is 0.0573. The van der Waals surface area contributed by atoms with Crippen molar-refractivity contribution in [2.75, 3.05) is 6.61 Å². The van der Waals surface area contributed by atoms with Crippen LogP contribution in [0.2, 0.25) is 0 Å². The lowest BCUT2D eigenvalue weighted by atomic mass is 10.1. The monoisotopic (exact) mass is 206 g/mol. The smallest absolute Gasteiger partial charge is 0.333 e. The van der Waals surface area contributed by atoms with Crippen LogP contribution in [0, 0.1) is 0 Å². The molecule has 0 bridgehead atoms. The first-order valence-corrected chi connectivity index (χ1v) is 4.67. The third-order valence-corrected chi connectivity index (χ3v) is 1.48. The molecule has 0 radical (unpaired) electrons. The van der Waals surface area contributed by atoms with Gasteiger partial charge in [-0.1, -0.05) is 13.3 Å². The van der Waals surface area contributed by atoms with E-state index in [0.29, 0.717) is 18.9 Å². The molecule has 0 saturated heterocycles. The second kappa shape index (κ2) is 5.73. The van der Waals surface area contributed by atoms with Gasteiger partial charge in [-0.15, -0.1) is 0 Å². The highest BCUT2D eigenvalue weighted by atomic mass is 19.3. The predicted molar refractivity (Wildman–Crippen MR) is 50.2 cm³/mol. The van der Waals surface area contributed by atoms with Gasteiger partial charge in [-0.2, -0.15) is 0 Å². The van der Waals surface area contributed by atoms with Crippen LogP contribution in [-0.4, -0.2) is 18.5 Å². The number of allylic oxidation sites excluding steroid dienone is 1. The molecule has 0 N–H and O–H groups in total. The first-order chi connectivity index (χ1) is 6.40. The second-order valence-corrected chi connectivity index (χ2v) is 3.10. The number of halogens is 2. The molecule has 14 heavy (non-hydrogen) atoms. The second-order valence-electron chi connectivity index (χ2n) is 3.10. The molecular weight excluding hydrogens is 190 g/mol. The van der Waals surface area contributed by atoms with Gasteiger partial charge < -0.3 is 4.74 Å². The fourth-order valence-electron chi connectivity index (χ4n) is 1.03. The third-order valence-electron chi connectivity index (χ3n) is 1.48. The zero-order chi connectivity index (χ0) is 11.2. The number of esters is 1. The van der Waals surface area contributed by atoms with Gasteiger partial charge >= 0.3 is 5.97 Å². The Hall–Kier alpha value is -0.930. The molecule has 0 unspecified atom stereocenters. The van der Waals surface area contributed by atoms with Gasteiger partial charge in [0.15, 0.2) is 0 Å². The molecule has 2 nitrogen and oxygen atoms in total. The zero-order valence-corrected chi connectivity index (χ0v) is 8.77. The minimum Gasteiger partial charge on any atom is -0.463 e. The highest BCUT2D eigenvalue weighted by Gasteiger charge is 2.21. The number of ether oxygens (including phenoxy) is 1. The minimum absolute atomic E-state index is 0.0573. The average Bonchev–Trinajstić information content (AvgIpc) is 2.01. The molecule has 0 amide bonds. The van der Waals surface area contributed by atoms with Crippen LogP contribution in [0.1, 0.15) is 33.6 Å². The van der Waals surface area contributed by atoms with E-state index >= 15 is 0 Å². The van der Waals surface area contributed by atoms with Gasteiger partial charge in [0.2, 0.25) is 0 Å². The summed E-state index contributed by atoms with van der Waals surface area (Å²) in [5, 5.41) is 0. The summed E-state index contributed by atoms with van der Waals surface area (Å²) in [6, 6.07) is 0. The third kappa shape index (κ3) is 5.67. The van der Waals surface area contributed by atoms with Crippen LogP contribution in [0.25, 0.3) is 0 Å². The van der Waals surface area contributed by atoms with E-state index in [1.54, 1.807) is 6.92 Å². The fourth-order valence-corrected chi connectivity index (χ4v) is 1.03. The van der Waals surface area contributed by atoms with Gasteiger partial charge in [0.25, 0.3) is 5.92 Å². The summed E-state index contributed by atoms with van der Waals surface area (Å²) < 4.78 is 29.9. The summed E-state index contributed by atoms with van der Waals surface area (Å²) in [4.78, 5) is 11.2. The van der Waals surface area contributed by atoms with E-state index in [9.17, 15) is 13.6 Å². The standard InChI is InChI=1S/C10H16F2O2/c1-4-6-8(7-10(3,11)12)9(13)14-5-2/h7H,4-6H2,1-3H3. The van der Waals surface area contributed by atoms with Crippen molar-refractivity contribution in [3.63, 3.8) is 0 Å². The summed E-state index contributed by atoms with van der Waals surface area (Å²) in [6.07, 6.45) is 1.64. The van der Waals surface area contributed by atoms with Gasteiger partial charge in [0.1, 0.15) is 0 Å². The van der Waals surface area contributed by atoms with Crippen LogP contribution >= 0.6 is 0 Å². The van der Waals surface area contributed by atoms with Crippen LogP contribution in [0.3, 0.4) is 0 Å². The average molecular weight is 206 g/mol. The highest BCUT2D eigenvalue weighted by molar-refractivity contribution is 5.88. The number of carbonyl (C=O) groups excluding carboxylic acids is 1. The molecule has 0 aliphatic carbocycles. The topological polar surface area (TPSA) is 26.3 Å². The molecule has 4 heteroatoms. The summed E-state index contributed by atoms with van der Waals surface area (Å²) in [5.74, 6) is -3.60. The van der Waals surface area contributed by atoms with E-state index in [2.05, 4.69) is 4.74 Å². The van der Waals surface area contributed by atoms with Crippen LogP contribution in [-0.2, 0) is 9.53 Å². The van der Waals surface area contributed by atoms with E-state index in [0.717, 1.165) is 6.92 Å². The molecule has 0 aromatic rings. The van der Waals surface area contributed by atoms with Crippen molar-refractivity contribution in [3.05, 3.63) is 11.6 Å². The van der Waals surface area contributed by atoms with Crippen molar-refractivity contribution in [3.8, 4) is 0 Å². The van der Waals surface area contributed by atoms with Gasteiger partial charge in [0, 0.05) is 12.5 Å². The van der Waals surface area contributed by atoms with Crippen molar-refractivity contribution in [2.45, 2.75) is 39.5 Å². The quantitative estimate of drug-likeness (QED) is 0.510. The molecule has 0 rings (SSSR count). The van der Waals surface area contributed by atoms with Crippen molar-refractivity contribution >= 4 is 5.97 Å². The lowest BCUT2D eigenvalue weighted by Crippen LogP contribution is -2.13. The van der Waals surface area contributed by atoms with Crippen molar-refractivity contribution in [2.24, 2.45) is 0 Å². The SMILES string of the molecule is CCCC(=CC(C)(F)F)C(=O)OCC. The Labute approximate surface area is 82.9 Å². The Kier molecular flexibility index (Phi) is 5.35. The summed E-state index contributed by atoms with van der Waals surface area (Å²) in [6.45, 7) is 4.42. The van der Waals surface area contributed by atoms with Gasteiger partial charge in [-0.25, -0.2) is 13.6 Å².